The zero-order valence-electron chi connectivity index (χ0n) is 20.7. The van der Waals surface area contributed by atoms with Crippen LogP contribution < -0.4 is 14.4 Å². The van der Waals surface area contributed by atoms with Crippen LogP contribution >= 0.6 is 11.6 Å². The van der Waals surface area contributed by atoms with Crippen LogP contribution in [-0.4, -0.2) is 43.0 Å². The Hall–Kier alpha value is -4.02. The summed E-state index contributed by atoms with van der Waals surface area (Å²) < 4.78 is 11.5. The summed E-state index contributed by atoms with van der Waals surface area (Å²) >= 11 is 6.16. The Labute approximate surface area is 226 Å². The average Bonchev–Trinajstić information content (AvgIpc) is 3.21. The number of rotatable bonds is 3. The first-order chi connectivity index (χ1) is 18.5. The summed E-state index contributed by atoms with van der Waals surface area (Å²) in [6, 6.07) is 22.0. The molecule has 0 aromatic heterocycles. The molecule has 0 saturated carbocycles. The molecule has 192 valence electrons. The molecule has 2 amide bonds. The van der Waals surface area contributed by atoms with Gasteiger partial charge in [-0.15, -0.1) is 0 Å². The number of β-lactam (4-membered cyclic amide) rings is 1. The van der Waals surface area contributed by atoms with E-state index in [0.29, 0.717) is 66.8 Å². The molecule has 6 rings (SSSR count). The highest BCUT2D eigenvalue weighted by molar-refractivity contribution is 6.30. The van der Waals surface area contributed by atoms with Gasteiger partial charge in [0.25, 0.3) is 5.91 Å². The highest BCUT2D eigenvalue weighted by Crippen LogP contribution is 2.57. The lowest BCUT2D eigenvalue weighted by atomic mass is 9.62. The number of halogens is 1. The first-order valence-electron chi connectivity index (χ1n) is 12.8. The molecule has 3 aromatic rings. The Bertz CT molecular complexity index is 1420. The van der Waals surface area contributed by atoms with E-state index in [1.165, 1.54) is 0 Å². The van der Waals surface area contributed by atoms with Crippen molar-refractivity contribution in [1.82, 2.24) is 4.90 Å². The Kier molecular flexibility index (Phi) is 6.21. The number of anilines is 1. The van der Waals surface area contributed by atoms with E-state index in [1.54, 1.807) is 30.3 Å². The highest BCUT2D eigenvalue weighted by atomic mass is 35.5. The van der Waals surface area contributed by atoms with Gasteiger partial charge < -0.3 is 19.3 Å². The monoisotopic (exact) mass is 527 g/mol. The third kappa shape index (κ3) is 4.06. The molecule has 3 heterocycles. The summed E-state index contributed by atoms with van der Waals surface area (Å²) in [5.41, 5.74) is 2.24. The Balaban J connectivity index is 1.24. The maximum absolute atomic E-state index is 13.8. The molecule has 1 unspecified atom stereocenters. The SMILES string of the molecule is N#Cc1ccc(N2C(=O)C3(CCN(C(=O)c4ccc5c(c4)OCCCO5)CC3)C2c2ccc(Cl)cc2)cc1. The van der Waals surface area contributed by atoms with Gasteiger partial charge in [0, 0.05) is 35.8 Å². The summed E-state index contributed by atoms with van der Waals surface area (Å²) in [6.07, 6.45) is 1.92. The molecule has 2 saturated heterocycles. The first kappa shape index (κ1) is 24.3. The van der Waals surface area contributed by atoms with Crippen molar-refractivity contribution >= 4 is 29.1 Å². The van der Waals surface area contributed by atoms with Gasteiger partial charge in [-0.2, -0.15) is 5.26 Å². The van der Waals surface area contributed by atoms with Gasteiger partial charge in [-0.3, -0.25) is 9.59 Å². The van der Waals surface area contributed by atoms with Gasteiger partial charge in [-0.25, -0.2) is 0 Å². The van der Waals surface area contributed by atoms with Gasteiger partial charge in [-0.05, 0) is 73.0 Å². The lowest BCUT2D eigenvalue weighted by Gasteiger charge is -2.59. The summed E-state index contributed by atoms with van der Waals surface area (Å²) in [5.74, 6) is 1.22. The summed E-state index contributed by atoms with van der Waals surface area (Å²) in [7, 11) is 0. The molecule has 7 nitrogen and oxygen atoms in total. The van der Waals surface area contributed by atoms with Gasteiger partial charge in [0.2, 0.25) is 5.91 Å². The Morgan fingerprint density at radius 3 is 2.32 bits per heavy atom. The van der Waals surface area contributed by atoms with Gasteiger partial charge in [0.1, 0.15) is 0 Å². The second kappa shape index (κ2) is 9.70. The number of carbonyl (C=O) groups excluding carboxylic acids is 2. The van der Waals surface area contributed by atoms with Crippen molar-refractivity contribution in [2.24, 2.45) is 5.41 Å². The van der Waals surface area contributed by atoms with Crippen LogP contribution in [0.3, 0.4) is 0 Å². The third-order valence-electron chi connectivity index (χ3n) is 7.82. The van der Waals surface area contributed by atoms with Crippen molar-refractivity contribution in [2.45, 2.75) is 25.3 Å². The van der Waals surface area contributed by atoms with E-state index < -0.39 is 5.41 Å². The molecule has 1 atom stereocenters. The third-order valence-corrected chi connectivity index (χ3v) is 8.08. The predicted molar refractivity (Wildman–Crippen MR) is 142 cm³/mol. The van der Waals surface area contributed by atoms with Crippen molar-refractivity contribution in [3.63, 3.8) is 0 Å². The van der Waals surface area contributed by atoms with Gasteiger partial charge in [0.15, 0.2) is 11.5 Å². The topological polar surface area (TPSA) is 82.9 Å². The molecule has 0 bridgehead atoms. The number of benzene rings is 3. The number of hydrogen-bond donors (Lipinski definition) is 0. The fourth-order valence-electron chi connectivity index (χ4n) is 5.81. The second-order valence-electron chi connectivity index (χ2n) is 9.95. The molecule has 38 heavy (non-hydrogen) atoms. The van der Waals surface area contributed by atoms with Gasteiger partial charge in [-0.1, -0.05) is 23.7 Å². The minimum absolute atomic E-state index is 0.0461. The van der Waals surface area contributed by atoms with E-state index in [2.05, 4.69) is 6.07 Å². The predicted octanol–water partition coefficient (Wildman–Crippen LogP) is 5.38. The molecular formula is C30H26ClN3O4. The number of piperidine rings is 1. The van der Waals surface area contributed by atoms with Crippen molar-refractivity contribution in [3.8, 4) is 17.6 Å². The molecule has 8 heteroatoms. The summed E-state index contributed by atoms with van der Waals surface area (Å²) in [4.78, 5) is 30.8. The zero-order chi connectivity index (χ0) is 26.3. The number of nitriles is 1. The first-order valence-corrected chi connectivity index (χ1v) is 13.2. The van der Waals surface area contributed by atoms with Crippen LogP contribution in [0.2, 0.25) is 5.02 Å². The summed E-state index contributed by atoms with van der Waals surface area (Å²) in [6.45, 7) is 2.10. The normalized spacial score (nSPS) is 19.9. The average molecular weight is 528 g/mol. The minimum Gasteiger partial charge on any atom is -0.490 e. The lowest BCUT2D eigenvalue weighted by molar-refractivity contribution is -0.144. The molecule has 3 aliphatic heterocycles. The number of ether oxygens (including phenoxy) is 2. The Morgan fingerprint density at radius 1 is 0.947 bits per heavy atom. The van der Waals surface area contributed by atoms with Gasteiger partial charge >= 0.3 is 0 Å². The molecular weight excluding hydrogens is 502 g/mol. The fourth-order valence-corrected chi connectivity index (χ4v) is 5.93. The van der Waals surface area contributed by atoms with E-state index >= 15 is 0 Å². The maximum Gasteiger partial charge on any atom is 0.253 e. The van der Waals surface area contributed by atoms with Crippen LogP contribution in [0, 0.1) is 16.7 Å². The molecule has 0 radical (unpaired) electrons. The standard InChI is InChI=1S/C30H26ClN3O4/c31-23-7-4-21(5-8-23)27-30(29(36)34(27)24-9-2-20(19-32)3-10-24)12-14-33(15-13-30)28(35)22-6-11-25-26(18-22)38-17-1-16-37-25/h2-11,18,27H,1,12-17H2. The summed E-state index contributed by atoms with van der Waals surface area (Å²) in [5, 5.41) is 9.81. The van der Waals surface area contributed by atoms with Gasteiger partial charge in [0.05, 0.1) is 36.3 Å². The maximum atomic E-state index is 13.8. The van der Waals surface area contributed by atoms with Crippen LogP contribution in [0.15, 0.2) is 66.7 Å². The van der Waals surface area contributed by atoms with Crippen LogP contribution in [0.25, 0.3) is 0 Å². The second-order valence-corrected chi connectivity index (χ2v) is 10.4. The number of hydrogen-bond acceptors (Lipinski definition) is 5. The van der Waals surface area contributed by atoms with Crippen molar-refractivity contribution < 1.29 is 19.1 Å². The van der Waals surface area contributed by atoms with E-state index in [4.69, 9.17) is 21.1 Å². The molecule has 0 aliphatic carbocycles. The molecule has 3 aromatic carbocycles. The smallest absolute Gasteiger partial charge is 0.253 e. The van der Waals surface area contributed by atoms with Crippen molar-refractivity contribution in [3.05, 3.63) is 88.4 Å². The lowest BCUT2D eigenvalue weighted by Crippen LogP contribution is -2.67. The Morgan fingerprint density at radius 2 is 1.63 bits per heavy atom. The fraction of sp³-hybridized carbons (Fsp3) is 0.300. The van der Waals surface area contributed by atoms with Crippen LogP contribution in [0.5, 0.6) is 11.5 Å². The van der Waals surface area contributed by atoms with E-state index in [9.17, 15) is 14.9 Å². The zero-order valence-corrected chi connectivity index (χ0v) is 21.5. The number of likely N-dealkylation sites (tertiary alicyclic amines) is 1. The molecule has 0 N–H and O–H groups in total. The van der Waals surface area contributed by atoms with Crippen LogP contribution in [-0.2, 0) is 4.79 Å². The van der Waals surface area contributed by atoms with Crippen LogP contribution in [0.4, 0.5) is 5.69 Å². The largest absolute Gasteiger partial charge is 0.490 e. The molecule has 3 aliphatic rings. The number of amides is 2. The van der Waals surface area contributed by atoms with Crippen molar-refractivity contribution in [1.29, 1.82) is 5.26 Å². The molecule has 1 spiro atoms. The number of fused-ring (bicyclic) bond motifs is 1. The van der Waals surface area contributed by atoms with Crippen LogP contribution in [0.1, 0.15) is 46.8 Å². The minimum atomic E-state index is -0.608. The highest BCUT2D eigenvalue weighted by Gasteiger charge is 2.62. The molecule has 2 fully saturated rings. The number of carbonyl (C=O) groups is 2. The van der Waals surface area contributed by atoms with E-state index in [1.807, 2.05) is 46.2 Å². The van der Waals surface area contributed by atoms with E-state index in [0.717, 1.165) is 17.7 Å². The van der Waals surface area contributed by atoms with E-state index in [-0.39, 0.29) is 17.9 Å². The quantitative estimate of drug-likeness (QED) is 0.427. The van der Waals surface area contributed by atoms with Crippen molar-refractivity contribution in [2.75, 3.05) is 31.2 Å². The number of nitrogens with zero attached hydrogens (tertiary/aromatic N) is 3.